The number of halogens is 2. The maximum absolute atomic E-state index is 13.7. The molecule has 2 rings (SSSR count). The average molecular weight is 434 g/mol. The Balaban J connectivity index is 1.78. The average Bonchev–Trinajstić information content (AvgIpc) is 2.73. The number of ether oxygens (including phenoxy) is 2. The van der Waals surface area contributed by atoms with E-state index in [1.54, 1.807) is 12.1 Å². The second kappa shape index (κ2) is 10.7. The van der Waals surface area contributed by atoms with Crippen molar-refractivity contribution in [1.82, 2.24) is 10.6 Å². The third kappa shape index (κ3) is 7.55. The number of nitrogens with one attached hydrogen (secondary N) is 2. The number of hydrogen-bond acceptors (Lipinski definition) is 4. The lowest BCUT2D eigenvalue weighted by atomic mass is 9.93. The molecule has 2 atom stereocenters. The van der Waals surface area contributed by atoms with Crippen LogP contribution in [-0.4, -0.2) is 37.1 Å². The molecule has 2 aromatic carbocycles. The molecule has 2 aromatic rings. The van der Waals surface area contributed by atoms with Gasteiger partial charge in [-0.1, -0.05) is 38.1 Å². The SMILES string of the molecule is CC(Oc1ccccc1F)C(=O)NCC(C)(C)CNC(=O)C(C)Oc1ccccc1F. The molecule has 0 aliphatic rings. The molecule has 2 amide bonds. The van der Waals surface area contributed by atoms with Crippen molar-refractivity contribution in [3.8, 4) is 11.5 Å². The molecule has 0 saturated carbocycles. The smallest absolute Gasteiger partial charge is 0.260 e. The zero-order valence-electron chi connectivity index (χ0n) is 18.1. The van der Waals surface area contributed by atoms with Crippen LogP contribution in [0.2, 0.25) is 0 Å². The normalized spacial score (nSPS) is 13.1. The topological polar surface area (TPSA) is 76.7 Å². The van der Waals surface area contributed by atoms with Crippen molar-refractivity contribution < 1.29 is 27.8 Å². The highest BCUT2D eigenvalue weighted by molar-refractivity contribution is 5.81. The van der Waals surface area contributed by atoms with Gasteiger partial charge in [-0.2, -0.15) is 0 Å². The van der Waals surface area contributed by atoms with E-state index in [1.165, 1.54) is 50.2 Å². The zero-order chi connectivity index (χ0) is 23.0. The minimum absolute atomic E-state index is 0.000476. The Morgan fingerprint density at radius 1 is 0.806 bits per heavy atom. The minimum atomic E-state index is -0.892. The molecule has 0 aromatic heterocycles. The Labute approximate surface area is 180 Å². The molecule has 0 spiro atoms. The highest BCUT2D eigenvalue weighted by atomic mass is 19.1. The molecule has 2 unspecified atom stereocenters. The van der Waals surface area contributed by atoms with Gasteiger partial charge in [-0.3, -0.25) is 9.59 Å². The summed E-state index contributed by atoms with van der Waals surface area (Å²) in [5.41, 5.74) is -0.485. The standard InChI is InChI=1S/C23H28F2N2O4/c1-15(30-19-11-7-5-9-17(19)24)21(28)26-13-23(3,4)14-27-22(29)16(2)31-20-12-8-6-10-18(20)25/h5-12,15-16H,13-14H2,1-4H3,(H,26,28)(H,27,29). The predicted octanol–water partition coefficient (Wildman–Crippen LogP) is 3.46. The van der Waals surface area contributed by atoms with Gasteiger partial charge in [-0.25, -0.2) is 8.78 Å². The van der Waals surface area contributed by atoms with Gasteiger partial charge >= 0.3 is 0 Å². The quantitative estimate of drug-likeness (QED) is 0.601. The number of carbonyl (C=O) groups excluding carboxylic acids is 2. The highest BCUT2D eigenvalue weighted by Gasteiger charge is 2.24. The molecule has 0 aliphatic carbocycles. The van der Waals surface area contributed by atoms with Gasteiger partial charge in [0.25, 0.3) is 11.8 Å². The van der Waals surface area contributed by atoms with E-state index in [9.17, 15) is 18.4 Å². The third-order valence-electron chi connectivity index (χ3n) is 4.50. The molecular weight excluding hydrogens is 406 g/mol. The van der Waals surface area contributed by atoms with Gasteiger partial charge in [0, 0.05) is 13.1 Å². The maximum atomic E-state index is 13.7. The van der Waals surface area contributed by atoms with E-state index in [4.69, 9.17) is 9.47 Å². The molecule has 0 saturated heterocycles. The molecular formula is C23H28F2N2O4. The van der Waals surface area contributed by atoms with E-state index in [0.29, 0.717) is 0 Å². The minimum Gasteiger partial charge on any atom is -0.478 e. The van der Waals surface area contributed by atoms with Crippen molar-refractivity contribution in [2.24, 2.45) is 5.41 Å². The fraction of sp³-hybridized carbons (Fsp3) is 0.391. The van der Waals surface area contributed by atoms with Crippen LogP contribution < -0.4 is 20.1 Å². The van der Waals surface area contributed by atoms with Crippen LogP contribution in [0, 0.1) is 17.0 Å². The Morgan fingerprint density at radius 3 is 1.52 bits per heavy atom. The largest absolute Gasteiger partial charge is 0.478 e. The van der Waals surface area contributed by atoms with Crippen LogP contribution in [0.4, 0.5) is 8.78 Å². The lowest BCUT2D eigenvalue weighted by molar-refractivity contribution is -0.128. The number of benzene rings is 2. The summed E-state index contributed by atoms with van der Waals surface area (Å²) in [7, 11) is 0. The first kappa shape index (κ1) is 24.1. The summed E-state index contributed by atoms with van der Waals surface area (Å²) in [4.78, 5) is 24.6. The second-order valence-electron chi connectivity index (χ2n) is 7.98. The van der Waals surface area contributed by atoms with Crippen molar-refractivity contribution in [1.29, 1.82) is 0 Å². The van der Waals surface area contributed by atoms with Gasteiger partial charge in [-0.15, -0.1) is 0 Å². The van der Waals surface area contributed by atoms with Gasteiger partial charge in [-0.05, 0) is 43.5 Å². The number of rotatable bonds is 10. The van der Waals surface area contributed by atoms with Gasteiger partial charge in [0.05, 0.1) is 0 Å². The summed E-state index contributed by atoms with van der Waals surface area (Å²) >= 11 is 0. The molecule has 2 N–H and O–H groups in total. The van der Waals surface area contributed by atoms with E-state index in [1.807, 2.05) is 13.8 Å². The highest BCUT2D eigenvalue weighted by Crippen LogP contribution is 2.19. The van der Waals surface area contributed by atoms with Crippen molar-refractivity contribution in [3.63, 3.8) is 0 Å². The summed E-state index contributed by atoms with van der Waals surface area (Å²) in [6, 6.07) is 11.7. The molecule has 8 heteroatoms. The van der Waals surface area contributed by atoms with Gasteiger partial charge in [0.1, 0.15) is 0 Å². The van der Waals surface area contributed by atoms with Crippen molar-refractivity contribution in [2.45, 2.75) is 39.9 Å². The molecule has 168 valence electrons. The molecule has 31 heavy (non-hydrogen) atoms. The predicted molar refractivity (Wildman–Crippen MR) is 113 cm³/mol. The first-order valence-electron chi connectivity index (χ1n) is 9.97. The Hall–Kier alpha value is -3.16. The lowest BCUT2D eigenvalue weighted by Gasteiger charge is -2.27. The van der Waals surface area contributed by atoms with Crippen molar-refractivity contribution >= 4 is 11.8 Å². The van der Waals surface area contributed by atoms with E-state index in [0.717, 1.165) is 0 Å². The summed E-state index contributed by atoms with van der Waals surface area (Å²) in [6.07, 6.45) is -1.78. The fourth-order valence-corrected chi connectivity index (χ4v) is 2.57. The van der Waals surface area contributed by atoms with E-state index < -0.39 is 41.1 Å². The van der Waals surface area contributed by atoms with Gasteiger partial charge in [0.15, 0.2) is 35.3 Å². The van der Waals surface area contributed by atoms with Crippen LogP contribution in [0.3, 0.4) is 0 Å². The van der Waals surface area contributed by atoms with Crippen LogP contribution in [0.5, 0.6) is 11.5 Å². The number of amides is 2. The third-order valence-corrected chi connectivity index (χ3v) is 4.50. The van der Waals surface area contributed by atoms with Crippen molar-refractivity contribution in [2.75, 3.05) is 13.1 Å². The first-order valence-corrected chi connectivity index (χ1v) is 9.97. The molecule has 0 bridgehead atoms. The summed E-state index contributed by atoms with van der Waals surface area (Å²) in [6.45, 7) is 7.27. The van der Waals surface area contributed by atoms with Gasteiger partial charge in [0.2, 0.25) is 0 Å². The van der Waals surface area contributed by atoms with Crippen LogP contribution in [0.1, 0.15) is 27.7 Å². The first-order chi connectivity index (χ1) is 14.6. The van der Waals surface area contributed by atoms with E-state index >= 15 is 0 Å². The van der Waals surface area contributed by atoms with Crippen LogP contribution >= 0.6 is 0 Å². The molecule has 0 aliphatic heterocycles. The lowest BCUT2D eigenvalue weighted by Crippen LogP contribution is -2.47. The molecule has 6 nitrogen and oxygen atoms in total. The summed E-state index contributed by atoms with van der Waals surface area (Å²) in [5.74, 6) is -1.90. The fourth-order valence-electron chi connectivity index (χ4n) is 2.57. The van der Waals surface area contributed by atoms with Crippen LogP contribution in [0.15, 0.2) is 48.5 Å². The number of para-hydroxylation sites is 2. The van der Waals surface area contributed by atoms with Crippen LogP contribution in [0.25, 0.3) is 0 Å². The number of carbonyl (C=O) groups is 2. The van der Waals surface area contributed by atoms with E-state index in [-0.39, 0.29) is 24.6 Å². The van der Waals surface area contributed by atoms with E-state index in [2.05, 4.69) is 10.6 Å². The molecule has 0 radical (unpaired) electrons. The summed E-state index contributed by atoms with van der Waals surface area (Å²) in [5, 5.41) is 5.49. The second-order valence-corrected chi connectivity index (χ2v) is 7.98. The van der Waals surface area contributed by atoms with Crippen molar-refractivity contribution in [3.05, 3.63) is 60.2 Å². The maximum Gasteiger partial charge on any atom is 0.260 e. The summed E-state index contributed by atoms with van der Waals surface area (Å²) < 4.78 is 38.1. The Kier molecular flexibility index (Phi) is 8.36. The molecule has 0 fully saturated rings. The number of hydrogen-bond donors (Lipinski definition) is 2. The van der Waals surface area contributed by atoms with Gasteiger partial charge < -0.3 is 20.1 Å². The molecule has 0 heterocycles. The Morgan fingerprint density at radius 2 is 1.16 bits per heavy atom. The Bertz CT molecular complexity index is 833. The van der Waals surface area contributed by atoms with Crippen LogP contribution in [-0.2, 0) is 9.59 Å². The zero-order valence-corrected chi connectivity index (χ0v) is 18.1. The monoisotopic (exact) mass is 434 g/mol.